The molecule has 28 heavy (non-hydrogen) atoms. The molecule has 146 valence electrons. The van der Waals surface area contributed by atoms with Crippen molar-refractivity contribution in [3.63, 3.8) is 0 Å². The van der Waals surface area contributed by atoms with E-state index in [4.69, 9.17) is 14.1 Å². The molecule has 0 saturated carbocycles. The van der Waals surface area contributed by atoms with Gasteiger partial charge >= 0.3 is 0 Å². The Labute approximate surface area is 171 Å². The summed E-state index contributed by atoms with van der Waals surface area (Å²) in [6, 6.07) is 14.6. The first kappa shape index (κ1) is 19.9. The summed E-state index contributed by atoms with van der Waals surface area (Å²) in [5.74, 6) is 1.25. The number of carbonyl (C=O) groups excluding carboxylic acids is 1. The van der Waals surface area contributed by atoms with Gasteiger partial charge in [-0.1, -0.05) is 29.3 Å². The molecule has 0 unspecified atom stereocenters. The van der Waals surface area contributed by atoms with E-state index in [9.17, 15) is 4.79 Å². The number of nitrogens with zero attached hydrogens (tertiary/aromatic N) is 2. The normalized spacial score (nSPS) is 10.5. The quantitative estimate of drug-likeness (QED) is 0.480. The van der Waals surface area contributed by atoms with Crippen molar-refractivity contribution in [2.24, 2.45) is 0 Å². The molecule has 1 N–H and O–H groups in total. The van der Waals surface area contributed by atoms with Crippen molar-refractivity contribution in [3.8, 4) is 22.8 Å². The summed E-state index contributed by atoms with van der Waals surface area (Å²) in [4.78, 5) is 12.2. The van der Waals surface area contributed by atoms with E-state index in [2.05, 4.69) is 38.5 Å². The highest BCUT2D eigenvalue weighted by Gasteiger charge is 2.15. The van der Waals surface area contributed by atoms with Gasteiger partial charge in [-0.15, -0.1) is 0 Å². The lowest BCUT2D eigenvalue weighted by Crippen LogP contribution is -2.20. The number of hydrogen-bond donors (Lipinski definition) is 1. The predicted octanol–water partition coefficient (Wildman–Crippen LogP) is 4.70. The first-order valence-electron chi connectivity index (χ1n) is 8.89. The van der Waals surface area contributed by atoms with Gasteiger partial charge in [0.25, 0.3) is 5.91 Å². The topological polar surface area (TPSA) is 86.5 Å². The Hall–Kier alpha value is -2.87. The molecule has 1 aromatic heterocycles. The van der Waals surface area contributed by atoms with Crippen LogP contribution in [0.25, 0.3) is 11.3 Å². The molecule has 0 radical (unpaired) electrons. The van der Waals surface area contributed by atoms with Crippen LogP contribution in [0.15, 0.2) is 57.6 Å². The lowest BCUT2D eigenvalue weighted by molar-refractivity contribution is -0.118. The van der Waals surface area contributed by atoms with Crippen molar-refractivity contribution in [2.45, 2.75) is 19.8 Å². The summed E-state index contributed by atoms with van der Waals surface area (Å²) in [7, 11) is 0. The molecule has 0 saturated heterocycles. The minimum Gasteiger partial charge on any atom is -0.494 e. The van der Waals surface area contributed by atoms with Crippen LogP contribution < -0.4 is 14.8 Å². The van der Waals surface area contributed by atoms with E-state index >= 15 is 0 Å². The highest BCUT2D eigenvalue weighted by atomic mass is 79.9. The zero-order chi connectivity index (χ0) is 19.8. The fourth-order valence-corrected chi connectivity index (χ4v) is 2.62. The largest absolute Gasteiger partial charge is 0.494 e. The Kier molecular flexibility index (Phi) is 7.02. The van der Waals surface area contributed by atoms with Crippen LogP contribution in [0.4, 0.5) is 5.82 Å². The van der Waals surface area contributed by atoms with Gasteiger partial charge in [-0.25, -0.2) is 4.63 Å². The number of carbonyl (C=O) groups is 1. The second kappa shape index (κ2) is 9.89. The summed E-state index contributed by atoms with van der Waals surface area (Å²) in [5.41, 5.74) is 1.20. The molecule has 7 nitrogen and oxygen atoms in total. The molecule has 0 fully saturated rings. The van der Waals surface area contributed by atoms with Gasteiger partial charge in [-0.05, 0) is 65.3 Å². The average molecular weight is 446 g/mol. The van der Waals surface area contributed by atoms with Gasteiger partial charge in [-0.3, -0.25) is 4.79 Å². The molecule has 0 atom stereocenters. The Morgan fingerprint density at radius 1 is 1.04 bits per heavy atom. The van der Waals surface area contributed by atoms with Crippen LogP contribution in [0.3, 0.4) is 0 Å². The number of amides is 1. The Morgan fingerprint density at radius 3 is 2.43 bits per heavy atom. The smallest absolute Gasteiger partial charge is 0.263 e. The van der Waals surface area contributed by atoms with Gasteiger partial charge in [0.1, 0.15) is 11.5 Å². The van der Waals surface area contributed by atoms with Crippen LogP contribution in [0, 0.1) is 0 Å². The average Bonchev–Trinajstić information content (AvgIpc) is 3.16. The number of rotatable bonds is 9. The van der Waals surface area contributed by atoms with E-state index in [0.29, 0.717) is 18.1 Å². The number of hydrogen-bond acceptors (Lipinski definition) is 6. The maximum atomic E-state index is 12.2. The van der Waals surface area contributed by atoms with Crippen molar-refractivity contribution < 1.29 is 18.9 Å². The molecule has 0 aliphatic heterocycles. The third kappa shape index (κ3) is 5.56. The van der Waals surface area contributed by atoms with Gasteiger partial charge < -0.3 is 14.8 Å². The number of unbranched alkanes of at least 4 members (excludes halogenated alkanes) is 1. The van der Waals surface area contributed by atoms with Gasteiger partial charge in [-0.2, -0.15) is 0 Å². The fourth-order valence-electron chi connectivity index (χ4n) is 2.35. The van der Waals surface area contributed by atoms with E-state index in [1.165, 1.54) is 0 Å². The van der Waals surface area contributed by atoms with E-state index in [-0.39, 0.29) is 18.3 Å². The number of aromatic nitrogens is 2. The van der Waals surface area contributed by atoms with Crippen molar-refractivity contribution in [1.82, 2.24) is 10.3 Å². The standard InChI is InChI=1S/C20H20BrN3O4/c1-2-3-12-26-16-8-4-14(5-9-16)19-20(24-28-23-19)22-18(25)13-27-17-10-6-15(21)7-11-17/h4-11H,2-3,12-13H2,1H3,(H,22,24,25). The summed E-state index contributed by atoms with van der Waals surface area (Å²) in [6.45, 7) is 2.64. The highest BCUT2D eigenvalue weighted by molar-refractivity contribution is 9.10. The lowest BCUT2D eigenvalue weighted by atomic mass is 10.1. The molecule has 0 spiro atoms. The Bertz CT molecular complexity index is 895. The third-order valence-corrected chi connectivity index (χ3v) is 4.35. The number of benzene rings is 2. The molecule has 0 bridgehead atoms. The first-order valence-corrected chi connectivity index (χ1v) is 9.69. The molecule has 8 heteroatoms. The third-order valence-electron chi connectivity index (χ3n) is 3.82. The van der Waals surface area contributed by atoms with Crippen LogP contribution in [0.2, 0.25) is 0 Å². The SMILES string of the molecule is CCCCOc1ccc(-c2nonc2NC(=O)COc2ccc(Br)cc2)cc1. The number of anilines is 1. The van der Waals surface area contributed by atoms with Crippen LogP contribution in [0.5, 0.6) is 11.5 Å². The van der Waals surface area contributed by atoms with Crippen molar-refractivity contribution in [1.29, 1.82) is 0 Å². The summed E-state index contributed by atoms with van der Waals surface area (Å²) in [5, 5.41) is 10.3. The van der Waals surface area contributed by atoms with Crippen LogP contribution in [-0.4, -0.2) is 29.4 Å². The van der Waals surface area contributed by atoms with E-state index in [0.717, 1.165) is 28.6 Å². The molecule has 1 amide bonds. The molecule has 1 heterocycles. The second-order valence-corrected chi connectivity index (χ2v) is 6.89. The zero-order valence-electron chi connectivity index (χ0n) is 15.4. The number of ether oxygens (including phenoxy) is 2. The molecule has 3 rings (SSSR count). The fraction of sp³-hybridized carbons (Fsp3) is 0.250. The Balaban J connectivity index is 1.58. The van der Waals surface area contributed by atoms with Crippen LogP contribution in [0.1, 0.15) is 19.8 Å². The molecular weight excluding hydrogens is 426 g/mol. The second-order valence-electron chi connectivity index (χ2n) is 5.98. The summed E-state index contributed by atoms with van der Waals surface area (Å²) < 4.78 is 16.8. The van der Waals surface area contributed by atoms with Gasteiger partial charge in [0, 0.05) is 10.0 Å². The van der Waals surface area contributed by atoms with E-state index in [1.807, 2.05) is 36.4 Å². The first-order chi connectivity index (χ1) is 13.7. The van der Waals surface area contributed by atoms with E-state index in [1.54, 1.807) is 12.1 Å². The van der Waals surface area contributed by atoms with Crippen molar-refractivity contribution >= 4 is 27.7 Å². The zero-order valence-corrected chi connectivity index (χ0v) is 16.9. The highest BCUT2D eigenvalue weighted by Crippen LogP contribution is 2.26. The number of halogens is 1. The van der Waals surface area contributed by atoms with Crippen molar-refractivity contribution in [2.75, 3.05) is 18.5 Å². The van der Waals surface area contributed by atoms with Crippen molar-refractivity contribution in [3.05, 3.63) is 53.0 Å². The predicted molar refractivity (Wildman–Crippen MR) is 108 cm³/mol. The maximum Gasteiger partial charge on any atom is 0.263 e. The minimum absolute atomic E-state index is 0.155. The molecular formula is C20H20BrN3O4. The summed E-state index contributed by atoms with van der Waals surface area (Å²) >= 11 is 3.35. The van der Waals surface area contributed by atoms with Gasteiger partial charge in [0.15, 0.2) is 12.3 Å². The molecule has 0 aliphatic rings. The molecule has 2 aromatic carbocycles. The van der Waals surface area contributed by atoms with E-state index < -0.39 is 0 Å². The van der Waals surface area contributed by atoms with Gasteiger partial charge in [0.05, 0.1) is 6.61 Å². The maximum absolute atomic E-state index is 12.2. The van der Waals surface area contributed by atoms with Crippen LogP contribution >= 0.6 is 15.9 Å². The molecule has 0 aliphatic carbocycles. The summed E-state index contributed by atoms with van der Waals surface area (Å²) in [6.07, 6.45) is 2.09. The monoisotopic (exact) mass is 445 g/mol. The van der Waals surface area contributed by atoms with Crippen LogP contribution in [-0.2, 0) is 4.79 Å². The number of nitrogens with one attached hydrogen (secondary N) is 1. The minimum atomic E-state index is -0.362. The molecule has 3 aromatic rings. The lowest BCUT2D eigenvalue weighted by Gasteiger charge is -2.07. The Morgan fingerprint density at radius 2 is 1.71 bits per heavy atom. The van der Waals surface area contributed by atoms with Gasteiger partial charge in [0.2, 0.25) is 5.82 Å².